The lowest BCUT2D eigenvalue weighted by Crippen LogP contribution is -2.14. The molecule has 24 heavy (non-hydrogen) atoms. The molecule has 0 aliphatic rings. The average molecular weight is 325 g/mol. The summed E-state index contributed by atoms with van der Waals surface area (Å²) in [6.07, 6.45) is 0. The predicted octanol–water partition coefficient (Wildman–Crippen LogP) is 3.55. The van der Waals surface area contributed by atoms with Crippen molar-refractivity contribution in [1.82, 2.24) is 4.57 Å². The summed E-state index contributed by atoms with van der Waals surface area (Å²) in [5, 5.41) is 0. The number of fused-ring (bicyclic) bond motifs is 1. The molecule has 0 fully saturated rings. The van der Waals surface area contributed by atoms with E-state index in [1.54, 1.807) is 16.7 Å². The molecule has 0 radical (unpaired) electrons. The first-order valence-electron chi connectivity index (χ1n) is 7.80. The number of benzene rings is 2. The zero-order valence-corrected chi connectivity index (χ0v) is 13.9. The molecule has 0 saturated carbocycles. The summed E-state index contributed by atoms with van der Waals surface area (Å²) in [4.78, 5) is 23.7. The van der Waals surface area contributed by atoms with Gasteiger partial charge in [0.2, 0.25) is 0 Å². The second-order valence-electron chi connectivity index (χ2n) is 6.02. The van der Waals surface area contributed by atoms with Crippen molar-refractivity contribution in [1.29, 1.82) is 0 Å². The van der Waals surface area contributed by atoms with Gasteiger partial charge in [0.15, 0.2) is 5.58 Å². The summed E-state index contributed by atoms with van der Waals surface area (Å²) in [5.41, 5.74) is 3.65. The van der Waals surface area contributed by atoms with Crippen molar-refractivity contribution in [3.63, 3.8) is 0 Å². The number of oxazole rings is 1. The molecule has 0 atom stereocenters. The van der Waals surface area contributed by atoms with E-state index in [0.717, 1.165) is 5.56 Å². The highest BCUT2D eigenvalue weighted by molar-refractivity contribution is 5.93. The molecule has 1 heterocycles. The Labute approximate surface area is 139 Å². The molecular weight excluding hydrogens is 306 g/mol. The maximum Gasteiger partial charge on any atom is 0.420 e. The van der Waals surface area contributed by atoms with E-state index in [4.69, 9.17) is 4.42 Å². The van der Waals surface area contributed by atoms with Crippen LogP contribution in [0.4, 0.5) is 0 Å². The number of rotatable bonds is 4. The Morgan fingerprint density at radius 2 is 1.88 bits per heavy atom. The van der Waals surface area contributed by atoms with E-state index < -0.39 is 11.7 Å². The second kappa shape index (κ2) is 6.35. The zero-order valence-electron chi connectivity index (χ0n) is 13.9. The van der Waals surface area contributed by atoms with Gasteiger partial charge in [-0.15, -0.1) is 0 Å². The Morgan fingerprint density at radius 1 is 1.17 bits per heavy atom. The number of nitrogens with zero attached hydrogens (tertiary/aromatic N) is 1. The molecule has 0 saturated heterocycles. The molecule has 0 aliphatic heterocycles. The van der Waals surface area contributed by atoms with Crippen LogP contribution in [-0.4, -0.2) is 17.6 Å². The summed E-state index contributed by atoms with van der Waals surface area (Å²) in [5.74, 6) is -0.440. The van der Waals surface area contributed by atoms with Crippen LogP contribution in [0.5, 0.6) is 0 Å². The second-order valence-corrected chi connectivity index (χ2v) is 6.02. The highest BCUT2D eigenvalue weighted by Gasteiger charge is 2.13. The normalized spacial score (nSPS) is 11.2. The molecule has 0 aliphatic carbocycles. The molecule has 3 aromatic rings. The van der Waals surface area contributed by atoms with Gasteiger partial charge in [-0.05, 0) is 35.2 Å². The van der Waals surface area contributed by atoms with Crippen LogP contribution in [0, 0.1) is 0 Å². The van der Waals surface area contributed by atoms with Crippen LogP contribution in [0.25, 0.3) is 11.1 Å². The minimum absolute atomic E-state index is 0.354. The zero-order chi connectivity index (χ0) is 17.3. The van der Waals surface area contributed by atoms with Crippen LogP contribution >= 0.6 is 0 Å². The molecule has 5 heteroatoms. The summed E-state index contributed by atoms with van der Waals surface area (Å²) in [6.45, 7) is 4.70. The first-order chi connectivity index (χ1) is 11.5. The van der Waals surface area contributed by atoms with Gasteiger partial charge in [0, 0.05) is 0 Å². The first-order valence-corrected chi connectivity index (χ1v) is 7.80. The van der Waals surface area contributed by atoms with E-state index in [-0.39, 0.29) is 0 Å². The van der Waals surface area contributed by atoms with Crippen LogP contribution < -0.4 is 5.76 Å². The summed E-state index contributed by atoms with van der Waals surface area (Å²) in [7, 11) is 1.31. The van der Waals surface area contributed by atoms with Gasteiger partial charge < -0.3 is 9.15 Å². The maximum absolute atomic E-state index is 12.1. The molecular formula is C19H19NO4. The molecule has 0 amide bonds. The average Bonchev–Trinajstić information content (AvgIpc) is 2.89. The standard InChI is InChI=1S/C19H19NO4/c1-12(2)14-6-4-13(5-7-14)11-20-16-9-8-15(18(21)23-3)10-17(16)24-19(20)22/h4-10,12H,11H2,1-3H3. The SMILES string of the molecule is COC(=O)c1ccc2c(c1)oc(=O)n2Cc1ccc(C(C)C)cc1. The van der Waals surface area contributed by atoms with E-state index in [9.17, 15) is 9.59 Å². The quantitative estimate of drug-likeness (QED) is 0.688. The fourth-order valence-corrected chi connectivity index (χ4v) is 2.65. The number of carbonyl (C=O) groups is 1. The van der Waals surface area contributed by atoms with Gasteiger partial charge in [-0.25, -0.2) is 9.59 Å². The fourth-order valence-electron chi connectivity index (χ4n) is 2.65. The molecule has 1 aromatic heterocycles. The number of aromatic nitrogens is 1. The van der Waals surface area contributed by atoms with E-state index in [1.165, 1.54) is 18.7 Å². The van der Waals surface area contributed by atoms with Crippen molar-refractivity contribution in [3.8, 4) is 0 Å². The molecule has 124 valence electrons. The van der Waals surface area contributed by atoms with Gasteiger partial charge in [-0.3, -0.25) is 4.57 Å². The number of carbonyl (C=O) groups excluding carboxylic acids is 1. The molecule has 0 bridgehead atoms. The van der Waals surface area contributed by atoms with Crippen molar-refractivity contribution in [2.45, 2.75) is 26.3 Å². The Bertz CT molecular complexity index is 932. The number of ether oxygens (including phenoxy) is 1. The molecule has 0 spiro atoms. The van der Waals surface area contributed by atoms with Crippen molar-refractivity contribution >= 4 is 17.1 Å². The van der Waals surface area contributed by atoms with Gasteiger partial charge in [-0.1, -0.05) is 38.1 Å². The molecule has 3 rings (SSSR count). The minimum Gasteiger partial charge on any atom is -0.465 e. The number of esters is 1. The molecule has 0 unspecified atom stereocenters. The summed E-state index contributed by atoms with van der Waals surface area (Å²) < 4.78 is 11.5. The van der Waals surface area contributed by atoms with Crippen molar-refractivity contribution in [3.05, 3.63) is 69.7 Å². The maximum atomic E-state index is 12.1. The number of methoxy groups -OCH3 is 1. The Hall–Kier alpha value is -2.82. The predicted molar refractivity (Wildman–Crippen MR) is 91.4 cm³/mol. The van der Waals surface area contributed by atoms with Crippen molar-refractivity contribution in [2.75, 3.05) is 7.11 Å². The lowest BCUT2D eigenvalue weighted by atomic mass is 10.0. The van der Waals surface area contributed by atoms with Gasteiger partial charge in [0.25, 0.3) is 0 Å². The third-order valence-corrected chi connectivity index (χ3v) is 4.08. The molecule has 0 N–H and O–H groups in total. The highest BCUT2D eigenvalue weighted by atomic mass is 16.5. The van der Waals surface area contributed by atoms with Crippen LogP contribution in [0.2, 0.25) is 0 Å². The largest absolute Gasteiger partial charge is 0.465 e. The summed E-state index contributed by atoms with van der Waals surface area (Å²) in [6, 6.07) is 13.0. The lowest BCUT2D eigenvalue weighted by Gasteiger charge is -2.07. The lowest BCUT2D eigenvalue weighted by molar-refractivity contribution is 0.0601. The van der Waals surface area contributed by atoms with E-state index in [2.05, 4.69) is 30.7 Å². The first kappa shape index (κ1) is 16.1. The Balaban J connectivity index is 1.96. The van der Waals surface area contributed by atoms with Gasteiger partial charge in [0.05, 0.1) is 24.7 Å². The van der Waals surface area contributed by atoms with Gasteiger partial charge >= 0.3 is 11.7 Å². The molecule has 2 aromatic carbocycles. The Morgan fingerprint density at radius 3 is 2.50 bits per heavy atom. The summed E-state index contributed by atoms with van der Waals surface area (Å²) >= 11 is 0. The number of hydrogen-bond donors (Lipinski definition) is 0. The van der Waals surface area contributed by atoms with Crippen LogP contribution in [0.15, 0.2) is 51.7 Å². The van der Waals surface area contributed by atoms with Crippen molar-refractivity contribution in [2.24, 2.45) is 0 Å². The fraction of sp³-hybridized carbons (Fsp3) is 0.263. The Kier molecular flexibility index (Phi) is 4.25. The smallest absolute Gasteiger partial charge is 0.420 e. The van der Waals surface area contributed by atoms with Gasteiger partial charge in [-0.2, -0.15) is 0 Å². The third kappa shape index (κ3) is 2.97. The third-order valence-electron chi connectivity index (χ3n) is 4.08. The minimum atomic E-state index is -0.462. The van der Waals surface area contributed by atoms with Crippen LogP contribution in [0.1, 0.15) is 41.3 Å². The van der Waals surface area contributed by atoms with Crippen LogP contribution in [0.3, 0.4) is 0 Å². The van der Waals surface area contributed by atoms with E-state index >= 15 is 0 Å². The monoisotopic (exact) mass is 325 g/mol. The van der Waals surface area contributed by atoms with Crippen molar-refractivity contribution < 1.29 is 13.9 Å². The van der Waals surface area contributed by atoms with Crippen LogP contribution in [-0.2, 0) is 11.3 Å². The van der Waals surface area contributed by atoms with E-state index in [0.29, 0.717) is 29.1 Å². The highest BCUT2D eigenvalue weighted by Crippen LogP contribution is 2.19. The number of hydrogen-bond acceptors (Lipinski definition) is 4. The topological polar surface area (TPSA) is 61.4 Å². The molecule has 5 nitrogen and oxygen atoms in total. The van der Waals surface area contributed by atoms with E-state index in [1.807, 2.05) is 12.1 Å². The van der Waals surface area contributed by atoms with Gasteiger partial charge in [0.1, 0.15) is 0 Å².